The number of rotatable bonds is 9. The second-order valence-corrected chi connectivity index (χ2v) is 6.97. The number of thioether (sulfide) groups is 1. The van der Waals surface area contributed by atoms with Crippen LogP contribution in [0.15, 0.2) is 17.3 Å². The highest BCUT2D eigenvalue weighted by atomic mass is 35.5. The fourth-order valence-electron chi connectivity index (χ4n) is 2.46. The molecule has 0 spiro atoms. The molecule has 1 heterocycles. The molecule has 0 aliphatic carbocycles. The molecule has 1 aromatic carbocycles. The van der Waals surface area contributed by atoms with E-state index < -0.39 is 5.97 Å². The molecule has 0 saturated heterocycles. The molecule has 25 heavy (non-hydrogen) atoms. The van der Waals surface area contributed by atoms with Gasteiger partial charge in [0.15, 0.2) is 5.16 Å². The number of ether oxygens (including phenoxy) is 1. The number of halogens is 1. The van der Waals surface area contributed by atoms with Gasteiger partial charge in [0.2, 0.25) is 0 Å². The highest BCUT2D eigenvalue weighted by Crippen LogP contribution is 2.26. The van der Waals surface area contributed by atoms with Crippen LogP contribution in [0.1, 0.15) is 30.3 Å². The summed E-state index contributed by atoms with van der Waals surface area (Å²) in [6, 6.07) is 3.87. The van der Waals surface area contributed by atoms with Gasteiger partial charge in [-0.15, -0.1) is 10.2 Å². The lowest BCUT2D eigenvalue weighted by Crippen LogP contribution is -2.07. The molecule has 136 valence electrons. The highest BCUT2D eigenvalue weighted by Gasteiger charge is 2.12. The number of carbonyl (C=O) groups is 1. The Labute approximate surface area is 156 Å². The summed E-state index contributed by atoms with van der Waals surface area (Å²) in [7, 11) is 0. The lowest BCUT2D eigenvalue weighted by Gasteiger charge is -2.10. The molecule has 8 heteroatoms. The first-order chi connectivity index (χ1) is 11.9. The predicted octanol–water partition coefficient (Wildman–Crippen LogP) is 3.76. The summed E-state index contributed by atoms with van der Waals surface area (Å²) in [6.07, 6.45) is 1.52. The van der Waals surface area contributed by atoms with Crippen molar-refractivity contribution in [2.24, 2.45) is 0 Å². The zero-order valence-corrected chi connectivity index (χ0v) is 16.2. The van der Waals surface area contributed by atoms with E-state index >= 15 is 0 Å². The van der Waals surface area contributed by atoms with Crippen molar-refractivity contribution in [3.8, 4) is 5.75 Å². The van der Waals surface area contributed by atoms with Crippen molar-refractivity contribution < 1.29 is 14.6 Å². The van der Waals surface area contributed by atoms with Crippen LogP contribution in [-0.4, -0.2) is 38.2 Å². The molecule has 0 aliphatic heterocycles. The third kappa shape index (κ3) is 5.37. The van der Waals surface area contributed by atoms with Gasteiger partial charge in [0.25, 0.3) is 0 Å². The molecule has 0 atom stereocenters. The zero-order valence-electron chi connectivity index (χ0n) is 14.6. The van der Waals surface area contributed by atoms with E-state index in [1.54, 1.807) is 0 Å². The summed E-state index contributed by atoms with van der Waals surface area (Å²) < 4.78 is 7.75. The smallest absolute Gasteiger partial charge is 0.313 e. The lowest BCUT2D eigenvalue weighted by molar-refractivity contribution is -0.133. The normalized spacial score (nSPS) is 10.9. The number of nitrogens with zero attached hydrogens (tertiary/aromatic N) is 3. The first-order valence-electron chi connectivity index (χ1n) is 8.08. The summed E-state index contributed by atoms with van der Waals surface area (Å²) in [4.78, 5) is 10.7. The molecule has 0 unspecified atom stereocenters. The van der Waals surface area contributed by atoms with Gasteiger partial charge >= 0.3 is 5.97 Å². The van der Waals surface area contributed by atoms with Crippen molar-refractivity contribution in [1.29, 1.82) is 0 Å². The van der Waals surface area contributed by atoms with Crippen molar-refractivity contribution in [2.45, 2.75) is 45.3 Å². The van der Waals surface area contributed by atoms with E-state index in [-0.39, 0.29) is 5.75 Å². The number of benzene rings is 1. The van der Waals surface area contributed by atoms with Gasteiger partial charge in [0, 0.05) is 18.0 Å². The maximum atomic E-state index is 10.7. The van der Waals surface area contributed by atoms with Crippen LogP contribution in [0.3, 0.4) is 0 Å². The molecule has 2 aromatic rings. The third-order valence-corrected chi connectivity index (χ3v) is 5.21. The number of aliphatic carboxylic acids is 1. The van der Waals surface area contributed by atoms with Crippen molar-refractivity contribution >= 4 is 29.3 Å². The molecular weight excluding hydrogens is 362 g/mol. The van der Waals surface area contributed by atoms with Crippen LogP contribution >= 0.6 is 23.4 Å². The largest absolute Gasteiger partial charge is 0.494 e. The van der Waals surface area contributed by atoms with E-state index in [1.807, 2.05) is 37.5 Å². The fourth-order valence-corrected chi connectivity index (χ4v) is 3.32. The molecule has 0 fully saturated rings. The van der Waals surface area contributed by atoms with Crippen LogP contribution in [0.25, 0.3) is 0 Å². The van der Waals surface area contributed by atoms with Crippen molar-refractivity contribution in [2.75, 3.05) is 12.4 Å². The molecule has 0 saturated carbocycles. The summed E-state index contributed by atoms with van der Waals surface area (Å²) in [6.45, 7) is 7.19. The van der Waals surface area contributed by atoms with Crippen molar-refractivity contribution in [1.82, 2.24) is 14.8 Å². The van der Waals surface area contributed by atoms with Gasteiger partial charge in [-0.05, 0) is 50.5 Å². The van der Waals surface area contributed by atoms with Crippen LogP contribution in [0, 0.1) is 13.8 Å². The molecular formula is C17H22ClN3O3S. The minimum Gasteiger partial charge on any atom is -0.494 e. The van der Waals surface area contributed by atoms with Crippen molar-refractivity contribution in [3.63, 3.8) is 0 Å². The Kier molecular flexibility index (Phi) is 7.13. The summed E-state index contributed by atoms with van der Waals surface area (Å²) >= 11 is 7.35. The molecule has 6 nitrogen and oxygen atoms in total. The number of hydrogen-bond acceptors (Lipinski definition) is 5. The quantitative estimate of drug-likeness (QED) is 0.524. The predicted molar refractivity (Wildman–Crippen MR) is 98.8 cm³/mol. The number of carboxylic acids is 1. The van der Waals surface area contributed by atoms with E-state index in [0.717, 1.165) is 40.6 Å². The zero-order chi connectivity index (χ0) is 18.4. The van der Waals surface area contributed by atoms with Gasteiger partial charge in [-0.1, -0.05) is 23.4 Å². The topological polar surface area (TPSA) is 77.2 Å². The number of carboxylic acid groups (broad SMARTS) is 1. The van der Waals surface area contributed by atoms with Gasteiger partial charge in [-0.3, -0.25) is 4.79 Å². The van der Waals surface area contributed by atoms with Crippen molar-refractivity contribution in [3.05, 3.63) is 34.1 Å². The summed E-state index contributed by atoms with van der Waals surface area (Å²) in [5, 5.41) is 18.5. The van der Waals surface area contributed by atoms with Crippen LogP contribution in [0.2, 0.25) is 5.02 Å². The molecule has 0 aliphatic rings. The second-order valence-electron chi connectivity index (χ2n) is 5.65. The Morgan fingerprint density at radius 1 is 1.32 bits per heavy atom. The SMILES string of the molecule is CCn1c(CCCOc2cc(C)c(Cl)c(C)c2)nnc1SCC(=O)O. The van der Waals surface area contributed by atoms with Crippen LogP contribution in [0.4, 0.5) is 0 Å². The van der Waals surface area contributed by atoms with E-state index in [9.17, 15) is 4.79 Å². The summed E-state index contributed by atoms with van der Waals surface area (Å²) in [5.41, 5.74) is 2.00. The van der Waals surface area contributed by atoms with Crippen LogP contribution < -0.4 is 4.74 Å². The van der Waals surface area contributed by atoms with Gasteiger partial charge in [-0.25, -0.2) is 0 Å². The maximum Gasteiger partial charge on any atom is 0.313 e. The van der Waals surface area contributed by atoms with E-state index in [0.29, 0.717) is 18.3 Å². The summed E-state index contributed by atoms with van der Waals surface area (Å²) in [5.74, 6) is 0.784. The maximum absolute atomic E-state index is 10.7. The molecule has 1 aromatic heterocycles. The monoisotopic (exact) mass is 383 g/mol. The molecule has 2 rings (SSSR count). The number of hydrogen-bond donors (Lipinski definition) is 1. The van der Waals surface area contributed by atoms with Crippen LogP contribution in [0.5, 0.6) is 5.75 Å². The third-order valence-electron chi connectivity index (χ3n) is 3.66. The molecule has 0 bridgehead atoms. The van der Waals surface area contributed by atoms with Gasteiger partial charge in [0.05, 0.1) is 12.4 Å². The first-order valence-corrected chi connectivity index (χ1v) is 9.45. The average molecular weight is 384 g/mol. The Morgan fingerprint density at radius 2 is 2.00 bits per heavy atom. The second kappa shape index (κ2) is 9.10. The van der Waals surface area contributed by atoms with Crippen LogP contribution in [-0.2, 0) is 17.8 Å². The Hall–Kier alpha value is -1.73. The van der Waals surface area contributed by atoms with Gasteiger partial charge in [-0.2, -0.15) is 0 Å². The minimum absolute atomic E-state index is 0.0173. The first kappa shape index (κ1) is 19.6. The molecule has 0 amide bonds. The average Bonchev–Trinajstić information content (AvgIpc) is 2.96. The van der Waals surface area contributed by atoms with Gasteiger partial charge < -0.3 is 14.4 Å². The standard InChI is InChI=1S/C17H22ClN3O3S/c1-4-21-14(19-20-17(21)25-10-15(22)23)6-5-7-24-13-8-11(2)16(18)12(3)9-13/h8-9H,4-7,10H2,1-3H3,(H,22,23). The Morgan fingerprint density at radius 3 is 2.60 bits per heavy atom. The lowest BCUT2D eigenvalue weighted by atomic mass is 10.1. The Bertz CT molecular complexity index is 726. The van der Waals surface area contributed by atoms with E-state index in [1.165, 1.54) is 11.8 Å². The van der Waals surface area contributed by atoms with E-state index in [4.69, 9.17) is 21.4 Å². The Balaban J connectivity index is 1.88. The fraction of sp³-hybridized carbons (Fsp3) is 0.471. The minimum atomic E-state index is -0.862. The van der Waals surface area contributed by atoms with Gasteiger partial charge in [0.1, 0.15) is 11.6 Å². The highest BCUT2D eigenvalue weighted by molar-refractivity contribution is 7.99. The van der Waals surface area contributed by atoms with E-state index in [2.05, 4.69) is 10.2 Å². The molecule has 1 N–H and O–H groups in total. The molecule has 0 radical (unpaired) electrons. The number of aromatic nitrogens is 3. The number of aryl methyl sites for hydroxylation is 3.